The molecule has 1 aromatic heterocycles. The molecule has 1 saturated heterocycles. The van der Waals surface area contributed by atoms with Crippen LogP contribution in [0.3, 0.4) is 0 Å². The van der Waals surface area contributed by atoms with Crippen LogP contribution in [0.2, 0.25) is 0 Å². The number of likely N-dealkylation sites (N-methyl/N-ethyl adjacent to an activating group) is 1. The largest absolute Gasteiger partial charge is 0.383 e. The smallest absolute Gasteiger partial charge is 0.248 e. The number of hydrogen-bond acceptors (Lipinski definition) is 8. The van der Waals surface area contributed by atoms with Gasteiger partial charge in [0.05, 0.1) is 18.7 Å². The lowest BCUT2D eigenvalue weighted by Crippen LogP contribution is -2.36. The van der Waals surface area contributed by atoms with Crippen molar-refractivity contribution in [1.82, 2.24) is 14.9 Å². The Balaban J connectivity index is 1.39. The summed E-state index contributed by atoms with van der Waals surface area (Å²) in [7, 11) is 3.91. The fourth-order valence-corrected chi connectivity index (χ4v) is 4.49. The molecule has 0 unspecified atom stereocenters. The lowest BCUT2D eigenvalue weighted by atomic mass is 10.0. The van der Waals surface area contributed by atoms with Crippen molar-refractivity contribution in [3.63, 3.8) is 0 Å². The minimum Gasteiger partial charge on any atom is -0.383 e. The molecule has 4 aromatic rings. The summed E-state index contributed by atoms with van der Waals surface area (Å²) in [5.41, 5.74) is 11.6. The first-order valence-corrected chi connectivity index (χ1v) is 12.9. The number of anilines is 5. The molecule has 0 atom stereocenters. The molecule has 0 spiro atoms. The van der Waals surface area contributed by atoms with Crippen LogP contribution in [0.4, 0.5) is 28.8 Å². The summed E-state index contributed by atoms with van der Waals surface area (Å²) in [6, 6.07) is 21.7. The molecule has 1 aliphatic heterocycles. The lowest BCUT2D eigenvalue weighted by Gasteiger charge is -2.28. The number of morpholine rings is 1. The lowest BCUT2D eigenvalue weighted by molar-refractivity contribution is -0.111. The van der Waals surface area contributed by atoms with Gasteiger partial charge in [-0.25, -0.2) is 4.98 Å². The second-order valence-electron chi connectivity index (χ2n) is 9.64. The molecule has 4 N–H and O–H groups in total. The minimum atomic E-state index is -0.176. The normalized spacial score (nSPS) is 13.8. The second-order valence-corrected chi connectivity index (χ2v) is 9.64. The number of para-hydroxylation sites is 1. The topological polar surface area (TPSA) is 109 Å². The van der Waals surface area contributed by atoms with Gasteiger partial charge in [-0.05, 0) is 62.1 Å². The van der Waals surface area contributed by atoms with Crippen LogP contribution in [0.15, 0.2) is 78.9 Å². The zero-order chi connectivity index (χ0) is 27.2. The van der Waals surface area contributed by atoms with Crippen LogP contribution in [0.25, 0.3) is 22.0 Å². The van der Waals surface area contributed by atoms with Crippen molar-refractivity contribution in [1.29, 1.82) is 0 Å². The minimum absolute atomic E-state index is 0.176. The highest BCUT2D eigenvalue weighted by atomic mass is 16.5. The maximum absolute atomic E-state index is 12.4. The van der Waals surface area contributed by atoms with Gasteiger partial charge in [0, 0.05) is 53.7 Å². The zero-order valence-electron chi connectivity index (χ0n) is 22.2. The van der Waals surface area contributed by atoms with Crippen LogP contribution in [-0.4, -0.2) is 67.7 Å². The Morgan fingerprint density at radius 2 is 1.79 bits per heavy atom. The highest BCUT2D eigenvalue weighted by Crippen LogP contribution is 2.32. The van der Waals surface area contributed by atoms with Gasteiger partial charge in [0.25, 0.3) is 0 Å². The molecule has 1 fully saturated rings. The third kappa shape index (κ3) is 6.51. The van der Waals surface area contributed by atoms with Gasteiger partial charge in [0.2, 0.25) is 11.9 Å². The summed E-state index contributed by atoms with van der Waals surface area (Å²) in [5, 5.41) is 7.00. The number of carbonyl (C=O) groups excluding carboxylic acids is 1. The standard InChI is InChI=1S/C30H33N7O2/c1-36(2)15-5-10-27(38)32-23-7-3-6-21(20-23)25-8-4-9-26-28(25)34-30(35-29(26)31)33-22-11-13-24(14-12-22)37-16-18-39-19-17-37/h3-14,20H,15-19H2,1-2H3,(H,32,38)(H3,31,33,34,35). The van der Waals surface area contributed by atoms with Crippen LogP contribution in [0.5, 0.6) is 0 Å². The molecule has 5 rings (SSSR count). The number of amides is 1. The third-order valence-electron chi connectivity index (χ3n) is 6.44. The molecular weight excluding hydrogens is 490 g/mol. The Bertz CT molecular complexity index is 1480. The van der Waals surface area contributed by atoms with Crippen LogP contribution in [-0.2, 0) is 9.53 Å². The van der Waals surface area contributed by atoms with Gasteiger partial charge in [0.15, 0.2) is 0 Å². The van der Waals surface area contributed by atoms with E-state index >= 15 is 0 Å². The quantitative estimate of drug-likeness (QED) is 0.290. The van der Waals surface area contributed by atoms with E-state index in [0.29, 0.717) is 24.0 Å². The Morgan fingerprint density at radius 3 is 2.56 bits per heavy atom. The number of aromatic nitrogens is 2. The van der Waals surface area contributed by atoms with E-state index < -0.39 is 0 Å². The Morgan fingerprint density at radius 1 is 1.03 bits per heavy atom. The van der Waals surface area contributed by atoms with Gasteiger partial charge in [-0.2, -0.15) is 4.98 Å². The molecule has 1 amide bonds. The SMILES string of the molecule is CN(C)CC=CC(=O)Nc1cccc(-c2cccc3c(N)nc(Nc4ccc(N5CCOCC5)cc4)nc23)c1. The first kappa shape index (κ1) is 26.1. The number of fused-ring (bicyclic) bond motifs is 1. The van der Waals surface area contributed by atoms with Crippen molar-refractivity contribution in [2.45, 2.75) is 0 Å². The van der Waals surface area contributed by atoms with E-state index in [1.54, 1.807) is 6.08 Å². The molecule has 200 valence electrons. The predicted octanol–water partition coefficient (Wildman–Crippen LogP) is 4.52. The summed E-state index contributed by atoms with van der Waals surface area (Å²) in [5.74, 6) is 0.636. The Labute approximate surface area is 228 Å². The Hall–Kier alpha value is -4.47. The number of ether oxygens (including phenoxy) is 1. The summed E-state index contributed by atoms with van der Waals surface area (Å²) >= 11 is 0. The van der Waals surface area contributed by atoms with Crippen LogP contribution >= 0.6 is 0 Å². The van der Waals surface area contributed by atoms with E-state index in [2.05, 4.69) is 32.7 Å². The van der Waals surface area contributed by atoms with Crippen molar-refractivity contribution >= 4 is 45.6 Å². The van der Waals surface area contributed by atoms with E-state index in [1.165, 1.54) is 0 Å². The highest BCUT2D eigenvalue weighted by Gasteiger charge is 2.13. The zero-order valence-corrected chi connectivity index (χ0v) is 22.2. The third-order valence-corrected chi connectivity index (χ3v) is 6.44. The van der Waals surface area contributed by atoms with Crippen LogP contribution in [0, 0.1) is 0 Å². The fraction of sp³-hybridized carbons (Fsp3) is 0.233. The summed E-state index contributed by atoms with van der Waals surface area (Å²) in [6.45, 7) is 3.96. The summed E-state index contributed by atoms with van der Waals surface area (Å²) in [4.78, 5) is 26.0. The molecule has 0 saturated carbocycles. The second kappa shape index (κ2) is 11.9. The number of nitrogens with zero attached hydrogens (tertiary/aromatic N) is 4. The van der Waals surface area contributed by atoms with Crippen molar-refractivity contribution < 1.29 is 9.53 Å². The van der Waals surface area contributed by atoms with E-state index in [0.717, 1.165) is 59.7 Å². The van der Waals surface area contributed by atoms with E-state index in [4.69, 9.17) is 15.5 Å². The van der Waals surface area contributed by atoms with Gasteiger partial charge < -0.3 is 30.9 Å². The maximum atomic E-state index is 12.4. The van der Waals surface area contributed by atoms with Gasteiger partial charge in [0.1, 0.15) is 5.82 Å². The number of rotatable bonds is 8. The number of carbonyl (C=O) groups is 1. The number of benzene rings is 3. The van der Waals surface area contributed by atoms with Gasteiger partial charge in [-0.1, -0.05) is 30.3 Å². The number of nitrogens with two attached hydrogens (primary N) is 1. The van der Waals surface area contributed by atoms with Gasteiger partial charge in [-0.15, -0.1) is 0 Å². The monoisotopic (exact) mass is 523 g/mol. The molecule has 0 bridgehead atoms. The molecule has 2 heterocycles. The first-order chi connectivity index (χ1) is 19.0. The summed E-state index contributed by atoms with van der Waals surface area (Å²) in [6.07, 6.45) is 3.37. The van der Waals surface area contributed by atoms with Gasteiger partial charge in [-0.3, -0.25) is 4.79 Å². The molecule has 3 aromatic carbocycles. The van der Waals surface area contributed by atoms with E-state index in [9.17, 15) is 4.79 Å². The predicted molar refractivity (Wildman–Crippen MR) is 158 cm³/mol. The Kier molecular flexibility index (Phi) is 8.00. The molecular formula is C30H33N7O2. The van der Waals surface area contributed by atoms with Crippen molar-refractivity contribution in [3.05, 3.63) is 78.9 Å². The molecule has 9 nitrogen and oxygen atoms in total. The number of nitrogens with one attached hydrogen (secondary N) is 2. The average Bonchev–Trinajstić information content (AvgIpc) is 2.94. The molecule has 0 radical (unpaired) electrons. The first-order valence-electron chi connectivity index (χ1n) is 12.9. The highest BCUT2D eigenvalue weighted by molar-refractivity contribution is 6.02. The van der Waals surface area contributed by atoms with Crippen LogP contribution < -0.4 is 21.3 Å². The maximum Gasteiger partial charge on any atom is 0.248 e. The fourth-order valence-electron chi connectivity index (χ4n) is 4.49. The van der Waals surface area contributed by atoms with E-state index in [-0.39, 0.29) is 5.91 Å². The van der Waals surface area contributed by atoms with Crippen molar-refractivity contribution in [2.24, 2.45) is 0 Å². The van der Waals surface area contributed by atoms with E-state index in [1.807, 2.05) is 79.7 Å². The van der Waals surface area contributed by atoms with Crippen LogP contribution in [0.1, 0.15) is 0 Å². The van der Waals surface area contributed by atoms with Crippen molar-refractivity contribution in [2.75, 3.05) is 68.2 Å². The molecule has 1 aliphatic rings. The number of nitrogen functional groups attached to an aromatic ring is 1. The molecule has 9 heteroatoms. The van der Waals surface area contributed by atoms with Crippen molar-refractivity contribution in [3.8, 4) is 11.1 Å². The summed E-state index contributed by atoms with van der Waals surface area (Å²) < 4.78 is 5.45. The average molecular weight is 524 g/mol. The number of hydrogen-bond donors (Lipinski definition) is 3. The molecule has 0 aliphatic carbocycles. The molecule has 39 heavy (non-hydrogen) atoms. The van der Waals surface area contributed by atoms with Gasteiger partial charge >= 0.3 is 0 Å².